The molecular formula is C19H37NO3. The molecule has 0 saturated heterocycles. The molecule has 0 aliphatic rings. The molecule has 0 rings (SSSR count). The molecule has 0 spiro atoms. The molecule has 4 nitrogen and oxygen atoms in total. The van der Waals surface area contributed by atoms with Crippen LogP contribution in [0.25, 0.3) is 0 Å². The van der Waals surface area contributed by atoms with Crippen molar-refractivity contribution in [3.8, 4) is 0 Å². The first-order chi connectivity index (χ1) is 10.2. The van der Waals surface area contributed by atoms with E-state index in [1.54, 1.807) is 0 Å². The second-order valence-corrected chi connectivity index (χ2v) is 9.29. The summed E-state index contributed by atoms with van der Waals surface area (Å²) < 4.78 is 5.28. The molecule has 0 radical (unpaired) electrons. The molecule has 1 N–H and O–H groups in total. The van der Waals surface area contributed by atoms with Crippen molar-refractivity contribution in [1.29, 1.82) is 0 Å². The van der Waals surface area contributed by atoms with E-state index >= 15 is 0 Å². The highest BCUT2D eigenvalue weighted by Gasteiger charge is 2.30. The van der Waals surface area contributed by atoms with Gasteiger partial charge in [-0.05, 0) is 44.9 Å². The van der Waals surface area contributed by atoms with E-state index in [0.717, 1.165) is 12.8 Å². The Hall–Kier alpha value is -1.06. The summed E-state index contributed by atoms with van der Waals surface area (Å²) >= 11 is 0. The van der Waals surface area contributed by atoms with Crippen molar-refractivity contribution in [1.82, 2.24) is 5.32 Å². The number of carbonyl (C=O) groups excluding carboxylic acids is 2. The Labute approximate surface area is 142 Å². The van der Waals surface area contributed by atoms with Gasteiger partial charge in [-0.2, -0.15) is 0 Å². The largest absolute Gasteiger partial charge is 0.460 e. The van der Waals surface area contributed by atoms with E-state index in [9.17, 15) is 9.59 Å². The lowest BCUT2D eigenvalue weighted by molar-refractivity contribution is -0.155. The highest BCUT2D eigenvalue weighted by molar-refractivity contribution is 5.78. The Bertz CT molecular complexity index is 405. The van der Waals surface area contributed by atoms with E-state index < -0.39 is 5.60 Å². The molecule has 136 valence electrons. The maximum absolute atomic E-state index is 12.2. The lowest BCUT2D eigenvalue weighted by Crippen LogP contribution is -2.38. The summed E-state index contributed by atoms with van der Waals surface area (Å²) in [6.45, 7) is 18.3. The van der Waals surface area contributed by atoms with Crippen LogP contribution in [-0.4, -0.2) is 23.5 Å². The predicted octanol–water partition coefficient (Wildman–Crippen LogP) is 4.47. The van der Waals surface area contributed by atoms with Crippen LogP contribution in [0.1, 0.15) is 88.0 Å². The molecule has 0 aromatic heterocycles. The van der Waals surface area contributed by atoms with Crippen LogP contribution in [0, 0.1) is 10.8 Å². The molecule has 0 aromatic rings. The SMILES string of the molecule is CCC(C)(C)CC(C)(C)CC(=O)NC(C)CC(=O)OC(C)(C)C. The van der Waals surface area contributed by atoms with Gasteiger partial charge >= 0.3 is 5.97 Å². The van der Waals surface area contributed by atoms with Gasteiger partial charge in [-0.1, -0.05) is 41.0 Å². The van der Waals surface area contributed by atoms with Crippen molar-refractivity contribution in [3.63, 3.8) is 0 Å². The van der Waals surface area contributed by atoms with Crippen molar-refractivity contribution in [2.75, 3.05) is 0 Å². The molecule has 0 aliphatic carbocycles. The molecule has 1 amide bonds. The van der Waals surface area contributed by atoms with Crippen LogP contribution in [0.5, 0.6) is 0 Å². The number of nitrogens with one attached hydrogen (secondary N) is 1. The van der Waals surface area contributed by atoms with Crippen LogP contribution in [0.15, 0.2) is 0 Å². The minimum Gasteiger partial charge on any atom is -0.460 e. The van der Waals surface area contributed by atoms with Crippen LogP contribution in [0.3, 0.4) is 0 Å². The van der Waals surface area contributed by atoms with Gasteiger partial charge in [0.2, 0.25) is 5.91 Å². The Morgan fingerprint density at radius 3 is 1.96 bits per heavy atom. The molecule has 0 bridgehead atoms. The number of hydrogen-bond acceptors (Lipinski definition) is 3. The van der Waals surface area contributed by atoms with Crippen LogP contribution in [0.4, 0.5) is 0 Å². The molecule has 1 atom stereocenters. The van der Waals surface area contributed by atoms with Gasteiger partial charge in [-0.3, -0.25) is 9.59 Å². The normalized spacial score (nSPS) is 14.3. The first-order valence-corrected chi connectivity index (χ1v) is 8.67. The van der Waals surface area contributed by atoms with E-state index in [2.05, 4.69) is 39.9 Å². The van der Waals surface area contributed by atoms with Crippen molar-refractivity contribution in [2.45, 2.75) is 99.6 Å². The van der Waals surface area contributed by atoms with Gasteiger partial charge in [0.15, 0.2) is 0 Å². The average Bonchev–Trinajstić information content (AvgIpc) is 2.22. The molecule has 4 heteroatoms. The second-order valence-electron chi connectivity index (χ2n) is 9.29. The Kier molecular flexibility index (Phi) is 7.79. The van der Waals surface area contributed by atoms with E-state index in [1.807, 2.05) is 27.7 Å². The summed E-state index contributed by atoms with van der Waals surface area (Å²) in [5.74, 6) is -0.283. The van der Waals surface area contributed by atoms with Gasteiger partial charge in [-0.15, -0.1) is 0 Å². The average molecular weight is 328 g/mol. The van der Waals surface area contributed by atoms with Crippen LogP contribution >= 0.6 is 0 Å². The van der Waals surface area contributed by atoms with Crippen LogP contribution in [-0.2, 0) is 14.3 Å². The fourth-order valence-electron chi connectivity index (χ4n) is 2.93. The number of hydrogen-bond donors (Lipinski definition) is 1. The molecule has 0 saturated carbocycles. The second kappa shape index (κ2) is 8.16. The molecule has 1 unspecified atom stereocenters. The van der Waals surface area contributed by atoms with Gasteiger partial charge < -0.3 is 10.1 Å². The zero-order valence-electron chi connectivity index (χ0n) is 16.6. The summed E-state index contributed by atoms with van der Waals surface area (Å²) in [5.41, 5.74) is -0.324. The van der Waals surface area contributed by atoms with Crippen molar-refractivity contribution in [2.24, 2.45) is 10.8 Å². The maximum Gasteiger partial charge on any atom is 0.308 e. The highest BCUT2D eigenvalue weighted by Crippen LogP contribution is 2.38. The first kappa shape index (κ1) is 21.9. The molecular weight excluding hydrogens is 290 g/mol. The minimum absolute atomic E-state index is 0.00189. The number of ether oxygens (including phenoxy) is 1. The van der Waals surface area contributed by atoms with Gasteiger partial charge in [0, 0.05) is 12.5 Å². The first-order valence-electron chi connectivity index (χ1n) is 8.67. The molecule has 0 fully saturated rings. The quantitative estimate of drug-likeness (QED) is 0.669. The Morgan fingerprint density at radius 2 is 1.52 bits per heavy atom. The smallest absolute Gasteiger partial charge is 0.308 e. The zero-order chi connectivity index (χ0) is 18.5. The molecule has 23 heavy (non-hydrogen) atoms. The fourth-order valence-corrected chi connectivity index (χ4v) is 2.93. The number of carbonyl (C=O) groups is 2. The van der Waals surface area contributed by atoms with Crippen molar-refractivity contribution in [3.05, 3.63) is 0 Å². The highest BCUT2D eigenvalue weighted by atomic mass is 16.6. The summed E-state index contributed by atoms with van der Waals surface area (Å²) in [7, 11) is 0. The molecule has 0 aromatic carbocycles. The van der Waals surface area contributed by atoms with E-state index in [4.69, 9.17) is 4.74 Å². The van der Waals surface area contributed by atoms with E-state index in [0.29, 0.717) is 6.42 Å². The number of amides is 1. The zero-order valence-corrected chi connectivity index (χ0v) is 16.6. The predicted molar refractivity (Wildman–Crippen MR) is 95.2 cm³/mol. The van der Waals surface area contributed by atoms with E-state index in [1.165, 1.54) is 0 Å². The van der Waals surface area contributed by atoms with Gasteiger partial charge in [-0.25, -0.2) is 0 Å². The van der Waals surface area contributed by atoms with Crippen LogP contribution in [0.2, 0.25) is 0 Å². The number of rotatable bonds is 8. The van der Waals surface area contributed by atoms with Crippen LogP contribution < -0.4 is 5.32 Å². The number of esters is 1. The van der Waals surface area contributed by atoms with Gasteiger partial charge in [0.25, 0.3) is 0 Å². The van der Waals surface area contributed by atoms with E-state index in [-0.39, 0.29) is 35.2 Å². The fraction of sp³-hybridized carbons (Fsp3) is 0.895. The van der Waals surface area contributed by atoms with Gasteiger partial charge in [0.1, 0.15) is 5.60 Å². The summed E-state index contributed by atoms with van der Waals surface area (Å²) in [5, 5.41) is 2.92. The minimum atomic E-state index is -0.492. The van der Waals surface area contributed by atoms with Crippen molar-refractivity contribution < 1.29 is 14.3 Å². The summed E-state index contributed by atoms with van der Waals surface area (Å²) in [6, 6.07) is -0.215. The standard InChI is InChI=1S/C19H37NO3/c1-10-18(6,7)13-19(8,9)12-15(21)20-14(2)11-16(22)23-17(3,4)5/h14H,10-13H2,1-9H3,(H,20,21). The third-order valence-electron chi connectivity index (χ3n) is 3.85. The Morgan fingerprint density at radius 1 is 1.00 bits per heavy atom. The lowest BCUT2D eigenvalue weighted by Gasteiger charge is -2.34. The summed E-state index contributed by atoms with van der Waals surface area (Å²) in [6.07, 6.45) is 2.75. The monoisotopic (exact) mass is 327 g/mol. The third kappa shape index (κ3) is 11.2. The maximum atomic E-state index is 12.2. The van der Waals surface area contributed by atoms with Gasteiger partial charge in [0.05, 0.1) is 6.42 Å². The third-order valence-corrected chi connectivity index (χ3v) is 3.85. The topological polar surface area (TPSA) is 55.4 Å². The molecule has 0 aliphatic heterocycles. The summed E-state index contributed by atoms with van der Waals surface area (Å²) in [4.78, 5) is 24.0. The molecule has 0 heterocycles. The lowest BCUT2D eigenvalue weighted by atomic mass is 9.72. The van der Waals surface area contributed by atoms with Crippen molar-refractivity contribution >= 4 is 11.9 Å². The Balaban J connectivity index is 4.40.